The lowest BCUT2D eigenvalue weighted by Crippen LogP contribution is -2.25. The third-order valence-electron chi connectivity index (χ3n) is 4.21. The van der Waals surface area contributed by atoms with E-state index in [2.05, 4.69) is 4.98 Å². The minimum Gasteiger partial charge on any atom is -0.295 e. The van der Waals surface area contributed by atoms with Crippen molar-refractivity contribution in [3.05, 3.63) is 41.2 Å². The van der Waals surface area contributed by atoms with Crippen molar-refractivity contribution in [3.63, 3.8) is 0 Å². The number of allylic oxidation sites excluding steroid dienone is 2. The Balaban J connectivity index is 1.94. The summed E-state index contributed by atoms with van der Waals surface area (Å²) in [6.07, 6.45) is -0.629. The molecule has 1 heterocycles. The second kappa shape index (κ2) is 4.26. The fourth-order valence-electron chi connectivity index (χ4n) is 2.95. The lowest BCUT2D eigenvalue weighted by molar-refractivity contribution is -0.141. The number of rotatable bonds is 2. The number of alkyl halides is 3. The van der Waals surface area contributed by atoms with E-state index >= 15 is 0 Å². The molecule has 0 N–H and O–H groups in total. The summed E-state index contributed by atoms with van der Waals surface area (Å²) in [5.74, 6) is -0.372. The van der Waals surface area contributed by atoms with E-state index in [0.29, 0.717) is 6.42 Å². The van der Waals surface area contributed by atoms with Crippen LogP contribution in [-0.2, 0) is 11.0 Å². The minimum atomic E-state index is -4.53. The molecule has 110 valence electrons. The van der Waals surface area contributed by atoms with Gasteiger partial charge in [-0.1, -0.05) is 6.08 Å². The van der Waals surface area contributed by atoms with Gasteiger partial charge in [0.15, 0.2) is 11.6 Å². The smallest absolute Gasteiger partial charge is 0.295 e. The molecule has 21 heavy (non-hydrogen) atoms. The molecule has 3 rings (SSSR count). The summed E-state index contributed by atoms with van der Waals surface area (Å²) in [5, 5.41) is 0. The Morgan fingerprint density at radius 2 is 2.10 bits per heavy atom. The Hall–Kier alpha value is -1.98. The van der Waals surface area contributed by atoms with E-state index in [0.717, 1.165) is 6.07 Å². The molecule has 2 aliphatic rings. The van der Waals surface area contributed by atoms with Gasteiger partial charge in [-0.05, 0) is 37.5 Å². The maximum atomic E-state index is 12.6. The first-order valence-electron chi connectivity index (χ1n) is 6.55. The second-order valence-electron chi connectivity index (χ2n) is 5.63. The third kappa shape index (κ3) is 2.18. The number of fused-ring (bicyclic) bond motifs is 1. The molecule has 0 aliphatic heterocycles. The highest BCUT2D eigenvalue weighted by Gasteiger charge is 2.60. The lowest BCUT2D eigenvalue weighted by atomic mass is 9.84. The van der Waals surface area contributed by atoms with Crippen molar-refractivity contribution in [1.29, 1.82) is 0 Å². The molecule has 0 saturated heterocycles. The third-order valence-corrected chi connectivity index (χ3v) is 4.21. The molecular weight excluding hydrogens is 283 g/mol. The summed E-state index contributed by atoms with van der Waals surface area (Å²) in [5.41, 5.74) is -1.54. The van der Waals surface area contributed by atoms with Gasteiger partial charge in [-0.15, -0.1) is 0 Å². The molecule has 3 nitrogen and oxygen atoms in total. The van der Waals surface area contributed by atoms with Crippen LogP contribution in [0.2, 0.25) is 0 Å². The summed E-state index contributed by atoms with van der Waals surface area (Å²) < 4.78 is 37.8. The molecule has 1 saturated carbocycles. The SMILES string of the molecule is Cc1nc(C(F)(F)F)ccc1C(=O)C12CC(=O)C=CC1C2. The van der Waals surface area contributed by atoms with Gasteiger partial charge < -0.3 is 0 Å². The number of aryl methyl sites for hydroxylation is 1. The van der Waals surface area contributed by atoms with E-state index in [-0.39, 0.29) is 35.2 Å². The van der Waals surface area contributed by atoms with E-state index in [9.17, 15) is 22.8 Å². The summed E-state index contributed by atoms with van der Waals surface area (Å²) in [6.45, 7) is 1.39. The van der Waals surface area contributed by atoms with Gasteiger partial charge in [-0.25, -0.2) is 4.98 Å². The largest absolute Gasteiger partial charge is 0.433 e. The van der Waals surface area contributed by atoms with Crippen LogP contribution in [0.4, 0.5) is 13.2 Å². The molecule has 2 aliphatic carbocycles. The highest BCUT2D eigenvalue weighted by molar-refractivity contribution is 6.08. The van der Waals surface area contributed by atoms with Gasteiger partial charge in [0.2, 0.25) is 0 Å². The van der Waals surface area contributed by atoms with Gasteiger partial charge in [0, 0.05) is 23.1 Å². The summed E-state index contributed by atoms with van der Waals surface area (Å²) in [6, 6.07) is 1.98. The van der Waals surface area contributed by atoms with Crippen molar-refractivity contribution in [1.82, 2.24) is 4.98 Å². The van der Waals surface area contributed by atoms with E-state index in [1.54, 1.807) is 6.08 Å². The molecule has 0 bridgehead atoms. The zero-order valence-corrected chi connectivity index (χ0v) is 11.2. The minimum absolute atomic E-state index is 0.0180. The zero-order chi connectivity index (χ0) is 15.4. The molecule has 2 unspecified atom stereocenters. The van der Waals surface area contributed by atoms with Gasteiger partial charge in [0.1, 0.15) is 5.69 Å². The predicted octanol–water partition coefficient (Wildman–Crippen LogP) is 3.13. The van der Waals surface area contributed by atoms with Crippen LogP contribution >= 0.6 is 0 Å². The fraction of sp³-hybridized carbons (Fsp3) is 0.400. The van der Waals surface area contributed by atoms with Crippen molar-refractivity contribution in [2.75, 3.05) is 0 Å². The fourth-order valence-corrected chi connectivity index (χ4v) is 2.95. The number of Topliss-reactive ketones (excluding diaryl/α,β-unsaturated/α-hetero) is 1. The van der Waals surface area contributed by atoms with Crippen molar-refractivity contribution < 1.29 is 22.8 Å². The van der Waals surface area contributed by atoms with E-state index in [4.69, 9.17) is 0 Å². The molecular formula is C15H12F3NO2. The number of pyridine rings is 1. The summed E-state index contributed by atoms with van der Waals surface area (Å²) in [4.78, 5) is 27.6. The summed E-state index contributed by atoms with van der Waals surface area (Å²) in [7, 11) is 0. The average Bonchev–Trinajstić information content (AvgIpc) is 3.11. The van der Waals surface area contributed by atoms with Crippen molar-refractivity contribution in [2.45, 2.75) is 25.9 Å². The number of carbonyl (C=O) groups is 2. The quantitative estimate of drug-likeness (QED) is 0.788. The van der Waals surface area contributed by atoms with Gasteiger partial charge in [0.25, 0.3) is 0 Å². The van der Waals surface area contributed by atoms with Crippen LogP contribution < -0.4 is 0 Å². The number of hydrogen-bond donors (Lipinski definition) is 0. The zero-order valence-electron chi connectivity index (χ0n) is 11.2. The van der Waals surface area contributed by atoms with E-state index in [1.165, 1.54) is 19.1 Å². The van der Waals surface area contributed by atoms with Crippen molar-refractivity contribution >= 4 is 11.6 Å². The Morgan fingerprint density at radius 1 is 1.38 bits per heavy atom. The first-order valence-corrected chi connectivity index (χ1v) is 6.55. The highest BCUT2D eigenvalue weighted by Crippen LogP contribution is 2.60. The maximum absolute atomic E-state index is 12.6. The number of carbonyl (C=O) groups excluding carboxylic acids is 2. The molecule has 0 aromatic carbocycles. The number of nitrogens with zero attached hydrogens (tertiary/aromatic N) is 1. The molecule has 0 spiro atoms. The number of aromatic nitrogens is 1. The van der Waals surface area contributed by atoms with Crippen LogP contribution in [0.3, 0.4) is 0 Å². The Bertz CT molecular complexity index is 678. The van der Waals surface area contributed by atoms with Gasteiger partial charge in [-0.2, -0.15) is 13.2 Å². The van der Waals surface area contributed by atoms with Crippen LogP contribution in [0.15, 0.2) is 24.3 Å². The van der Waals surface area contributed by atoms with Gasteiger partial charge >= 0.3 is 6.18 Å². The van der Waals surface area contributed by atoms with Gasteiger partial charge in [0.05, 0.1) is 0 Å². The Kier molecular flexibility index (Phi) is 2.83. The lowest BCUT2D eigenvalue weighted by Gasteiger charge is -2.18. The number of halogens is 3. The van der Waals surface area contributed by atoms with E-state index in [1.807, 2.05) is 0 Å². The first-order chi connectivity index (χ1) is 9.74. The number of hydrogen-bond acceptors (Lipinski definition) is 3. The predicted molar refractivity (Wildman–Crippen MR) is 67.6 cm³/mol. The molecule has 0 amide bonds. The summed E-state index contributed by atoms with van der Waals surface area (Å²) >= 11 is 0. The monoisotopic (exact) mass is 295 g/mol. The normalized spacial score (nSPS) is 27.4. The first kappa shape index (κ1) is 14.0. The van der Waals surface area contributed by atoms with Crippen LogP contribution in [0, 0.1) is 18.3 Å². The molecule has 0 radical (unpaired) electrons. The van der Waals surface area contributed by atoms with Crippen molar-refractivity contribution in [3.8, 4) is 0 Å². The standard InChI is InChI=1S/C15H12F3NO2/c1-8-11(4-5-12(19-8)15(16,17)18)13(21)14-6-9(14)2-3-10(20)7-14/h2-5,9H,6-7H2,1H3. The van der Waals surface area contributed by atoms with Crippen LogP contribution in [-0.4, -0.2) is 16.6 Å². The van der Waals surface area contributed by atoms with Gasteiger partial charge in [-0.3, -0.25) is 9.59 Å². The Morgan fingerprint density at radius 3 is 2.71 bits per heavy atom. The average molecular weight is 295 g/mol. The second-order valence-corrected chi connectivity index (χ2v) is 5.63. The number of ketones is 2. The molecule has 1 aromatic rings. The molecule has 2 atom stereocenters. The molecule has 1 fully saturated rings. The topological polar surface area (TPSA) is 47.0 Å². The molecule has 6 heteroatoms. The molecule has 1 aromatic heterocycles. The van der Waals surface area contributed by atoms with Crippen molar-refractivity contribution in [2.24, 2.45) is 11.3 Å². The van der Waals surface area contributed by atoms with Crippen LogP contribution in [0.1, 0.15) is 34.6 Å². The van der Waals surface area contributed by atoms with Crippen LogP contribution in [0.5, 0.6) is 0 Å². The van der Waals surface area contributed by atoms with E-state index < -0.39 is 17.3 Å². The van der Waals surface area contributed by atoms with Crippen LogP contribution in [0.25, 0.3) is 0 Å². The maximum Gasteiger partial charge on any atom is 0.433 e. The Labute approximate surface area is 118 Å². The highest BCUT2D eigenvalue weighted by atomic mass is 19.4.